The summed E-state index contributed by atoms with van der Waals surface area (Å²) in [6.07, 6.45) is 0. The fourth-order valence-corrected chi connectivity index (χ4v) is 2.89. The molecule has 0 aliphatic heterocycles. The maximum atomic E-state index is 6.03. The highest BCUT2D eigenvalue weighted by atomic mass is 79.9. The van der Waals surface area contributed by atoms with Crippen LogP contribution in [0.5, 0.6) is 5.75 Å². The first-order valence-corrected chi connectivity index (χ1v) is 5.87. The van der Waals surface area contributed by atoms with Crippen molar-refractivity contribution in [3.63, 3.8) is 0 Å². The Kier molecular flexibility index (Phi) is 2.95. The molecule has 0 aliphatic carbocycles. The average Bonchev–Trinajstić information content (AvgIpc) is 2.47. The number of fused-ring (bicyclic) bond motifs is 1. The van der Waals surface area contributed by atoms with Crippen molar-refractivity contribution in [2.75, 3.05) is 6.61 Å². The number of thiazole rings is 1. The summed E-state index contributed by atoms with van der Waals surface area (Å²) in [4.78, 5) is 4.25. The third-order valence-corrected chi connectivity index (χ3v) is 3.41. The Bertz CT molecular complexity index is 471. The van der Waals surface area contributed by atoms with Gasteiger partial charge in [-0.15, -0.1) is 11.3 Å². The standard InChI is InChI=1S/C9H6BrClNOS/c1-2-13-5-3-6(11)8-7(4-5)14-9(10)12-8/h3-4H,1-2H2. The minimum Gasteiger partial charge on any atom is -0.493 e. The highest BCUT2D eigenvalue weighted by molar-refractivity contribution is 9.11. The summed E-state index contributed by atoms with van der Waals surface area (Å²) in [5, 5.41) is 0.605. The van der Waals surface area contributed by atoms with Crippen molar-refractivity contribution in [3.8, 4) is 5.75 Å². The molecule has 2 nitrogen and oxygen atoms in total. The lowest BCUT2D eigenvalue weighted by molar-refractivity contribution is 0.361. The summed E-state index contributed by atoms with van der Waals surface area (Å²) in [6, 6.07) is 3.66. The normalized spacial score (nSPS) is 10.8. The Morgan fingerprint density at radius 3 is 3.07 bits per heavy atom. The highest BCUT2D eigenvalue weighted by Crippen LogP contribution is 2.34. The second-order valence-corrected chi connectivity index (χ2v) is 5.28. The van der Waals surface area contributed by atoms with E-state index in [1.807, 2.05) is 6.07 Å². The van der Waals surface area contributed by atoms with Gasteiger partial charge in [-0.2, -0.15) is 0 Å². The Morgan fingerprint density at radius 1 is 1.57 bits per heavy atom. The molecule has 73 valence electrons. The average molecular weight is 292 g/mol. The van der Waals surface area contributed by atoms with Gasteiger partial charge in [-0.05, 0) is 28.9 Å². The maximum Gasteiger partial charge on any atom is 0.160 e. The van der Waals surface area contributed by atoms with Crippen LogP contribution in [0.2, 0.25) is 5.02 Å². The predicted octanol–water partition coefficient (Wildman–Crippen LogP) is 3.93. The molecule has 5 heteroatoms. The number of rotatable bonds is 2. The minimum atomic E-state index is 0.391. The zero-order valence-electron chi connectivity index (χ0n) is 7.09. The lowest BCUT2D eigenvalue weighted by atomic mass is 10.3. The Hall–Kier alpha value is -0.320. The molecule has 0 amide bonds. The van der Waals surface area contributed by atoms with Gasteiger partial charge in [0, 0.05) is 6.07 Å². The highest BCUT2D eigenvalue weighted by Gasteiger charge is 2.07. The summed E-state index contributed by atoms with van der Waals surface area (Å²) >= 11 is 10.9. The van der Waals surface area contributed by atoms with Crippen molar-refractivity contribution < 1.29 is 4.74 Å². The van der Waals surface area contributed by atoms with E-state index in [-0.39, 0.29) is 0 Å². The molecule has 2 rings (SSSR count). The molecule has 14 heavy (non-hydrogen) atoms. The lowest BCUT2D eigenvalue weighted by Crippen LogP contribution is -1.91. The van der Waals surface area contributed by atoms with Crippen LogP contribution in [-0.2, 0) is 0 Å². The van der Waals surface area contributed by atoms with Crippen molar-refractivity contribution in [1.29, 1.82) is 0 Å². The van der Waals surface area contributed by atoms with Crippen LogP contribution in [-0.4, -0.2) is 11.6 Å². The Labute approximate surface area is 99.0 Å². The number of aromatic nitrogens is 1. The summed E-state index contributed by atoms with van der Waals surface area (Å²) < 4.78 is 7.10. The summed E-state index contributed by atoms with van der Waals surface area (Å²) in [7, 11) is 0. The molecule has 0 saturated carbocycles. The molecule has 0 saturated heterocycles. The number of nitrogens with zero attached hydrogens (tertiary/aromatic N) is 1. The fourth-order valence-electron chi connectivity index (χ4n) is 1.14. The smallest absolute Gasteiger partial charge is 0.160 e. The van der Waals surface area contributed by atoms with Crippen LogP contribution in [0.3, 0.4) is 0 Å². The third-order valence-electron chi connectivity index (χ3n) is 1.66. The van der Waals surface area contributed by atoms with Gasteiger partial charge in [-0.3, -0.25) is 0 Å². The maximum absolute atomic E-state index is 6.03. The van der Waals surface area contributed by atoms with E-state index < -0.39 is 0 Å². The molecule has 1 heterocycles. The van der Waals surface area contributed by atoms with Gasteiger partial charge in [0.15, 0.2) is 3.92 Å². The van der Waals surface area contributed by atoms with Gasteiger partial charge in [0.2, 0.25) is 0 Å². The number of ether oxygens (including phenoxy) is 1. The second-order valence-electron chi connectivity index (χ2n) is 2.57. The van der Waals surface area contributed by atoms with Crippen LogP contribution < -0.4 is 4.74 Å². The Morgan fingerprint density at radius 2 is 2.36 bits per heavy atom. The first kappa shape index (κ1) is 10.2. The minimum absolute atomic E-state index is 0.391. The molecule has 1 aromatic heterocycles. The topological polar surface area (TPSA) is 22.1 Å². The molecule has 0 aliphatic rings. The summed E-state index contributed by atoms with van der Waals surface area (Å²) in [5.74, 6) is 0.730. The van der Waals surface area contributed by atoms with Crippen LogP contribution in [0.25, 0.3) is 10.2 Å². The van der Waals surface area contributed by atoms with E-state index in [1.54, 1.807) is 6.07 Å². The van der Waals surface area contributed by atoms with Gasteiger partial charge >= 0.3 is 0 Å². The van der Waals surface area contributed by atoms with Crippen LogP contribution >= 0.6 is 38.9 Å². The molecule has 2 aromatic rings. The van der Waals surface area contributed by atoms with Gasteiger partial charge < -0.3 is 4.74 Å². The molecular formula is C9H6BrClNOS. The van der Waals surface area contributed by atoms with Crippen LogP contribution in [0.4, 0.5) is 0 Å². The van der Waals surface area contributed by atoms with Gasteiger partial charge in [-0.1, -0.05) is 11.6 Å². The second kappa shape index (κ2) is 4.04. The first-order chi connectivity index (χ1) is 6.70. The van der Waals surface area contributed by atoms with E-state index in [4.69, 9.17) is 16.3 Å². The third kappa shape index (κ3) is 1.87. The molecule has 0 unspecified atom stereocenters. The quantitative estimate of drug-likeness (QED) is 0.836. The number of hydrogen-bond acceptors (Lipinski definition) is 3. The zero-order valence-corrected chi connectivity index (χ0v) is 10.2. The van der Waals surface area contributed by atoms with Crippen LogP contribution in [0.1, 0.15) is 0 Å². The number of benzene rings is 1. The summed E-state index contributed by atoms with van der Waals surface area (Å²) in [5.41, 5.74) is 0.806. The zero-order chi connectivity index (χ0) is 10.1. The van der Waals surface area contributed by atoms with Gasteiger partial charge in [-0.25, -0.2) is 4.98 Å². The number of halogens is 2. The van der Waals surface area contributed by atoms with Crippen molar-refractivity contribution >= 4 is 49.1 Å². The SMILES string of the molecule is [CH2]COc1cc(Cl)c2nc(Br)sc2c1. The molecule has 1 aromatic carbocycles. The van der Waals surface area contributed by atoms with Gasteiger partial charge in [0.05, 0.1) is 16.3 Å². The van der Waals surface area contributed by atoms with Crippen molar-refractivity contribution in [2.24, 2.45) is 0 Å². The van der Waals surface area contributed by atoms with E-state index >= 15 is 0 Å². The van der Waals surface area contributed by atoms with Crippen LogP contribution in [0.15, 0.2) is 16.0 Å². The van der Waals surface area contributed by atoms with Crippen molar-refractivity contribution in [2.45, 2.75) is 0 Å². The lowest BCUT2D eigenvalue weighted by Gasteiger charge is -2.02. The van der Waals surface area contributed by atoms with Crippen molar-refractivity contribution in [3.05, 3.63) is 28.0 Å². The van der Waals surface area contributed by atoms with E-state index in [9.17, 15) is 0 Å². The van der Waals surface area contributed by atoms with E-state index in [1.165, 1.54) is 11.3 Å². The largest absolute Gasteiger partial charge is 0.493 e. The molecule has 0 N–H and O–H groups in total. The molecule has 0 bridgehead atoms. The molecule has 1 radical (unpaired) electrons. The van der Waals surface area contributed by atoms with Crippen molar-refractivity contribution in [1.82, 2.24) is 4.98 Å². The van der Waals surface area contributed by atoms with E-state index in [0.29, 0.717) is 11.6 Å². The predicted molar refractivity (Wildman–Crippen MR) is 63.2 cm³/mol. The first-order valence-electron chi connectivity index (χ1n) is 3.88. The van der Waals surface area contributed by atoms with Crippen LogP contribution in [0, 0.1) is 6.92 Å². The Balaban J connectivity index is 2.59. The summed E-state index contributed by atoms with van der Waals surface area (Å²) in [6.45, 7) is 4.00. The molecular weight excluding hydrogens is 286 g/mol. The van der Waals surface area contributed by atoms with E-state index in [2.05, 4.69) is 27.8 Å². The monoisotopic (exact) mass is 290 g/mol. The van der Waals surface area contributed by atoms with Gasteiger partial charge in [0.1, 0.15) is 11.3 Å². The van der Waals surface area contributed by atoms with E-state index in [0.717, 1.165) is 19.9 Å². The molecule has 0 spiro atoms. The fraction of sp³-hybridized carbons (Fsp3) is 0.111. The number of hydrogen-bond donors (Lipinski definition) is 0. The van der Waals surface area contributed by atoms with Gasteiger partial charge in [0.25, 0.3) is 0 Å². The molecule has 0 atom stereocenters. The molecule has 0 fully saturated rings.